The molecule has 0 aliphatic heterocycles. The highest BCUT2D eigenvalue weighted by molar-refractivity contribution is 9.10. The first kappa shape index (κ1) is 7.75. The predicted molar refractivity (Wildman–Crippen MR) is 39.7 cm³/mol. The van der Waals surface area contributed by atoms with Crippen molar-refractivity contribution in [3.63, 3.8) is 0 Å². The van der Waals surface area contributed by atoms with Crippen LogP contribution in [0.2, 0.25) is 0 Å². The van der Waals surface area contributed by atoms with Crippen LogP contribution in [0.1, 0.15) is 11.3 Å². The zero-order valence-corrected chi connectivity index (χ0v) is 7.18. The van der Waals surface area contributed by atoms with E-state index in [4.69, 9.17) is 9.63 Å². The van der Waals surface area contributed by atoms with Crippen molar-refractivity contribution < 1.29 is 9.63 Å². The summed E-state index contributed by atoms with van der Waals surface area (Å²) in [4.78, 5) is 0. The quantitative estimate of drug-likeness (QED) is 0.792. The van der Waals surface area contributed by atoms with Gasteiger partial charge in [0.25, 0.3) is 0 Å². The van der Waals surface area contributed by atoms with Gasteiger partial charge in [-0.2, -0.15) is 0 Å². The van der Waals surface area contributed by atoms with E-state index in [1.54, 1.807) is 0 Å². The average Bonchev–Trinajstić information content (AvgIpc) is 2.20. The molecule has 10 heavy (non-hydrogen) atoms. The topological polar surface area (TPSA) is 46.3 Å². The van der Waals surface area contributed by atoms with E-state index < -0.39 is 0 Å². The van der Waals surface area contributed by atoms with Crippen molar-refractivity contribution in [3.8, 4) is 0 Å². The number of halogens is 1. The van der Waals surface area contributed by atoms with Gasteiger partial charge in [-0.05, 0) is 22.9 Å². The highest BCUT2D eigenvalue weighted by Crippen LogP contribution is 2.17. The Hall–Kier alpha value is -0.350. The summed E-state index contributed by atoms with van der Waals surface area (Å²) in [7, 11) is 0. The van der Waals surface area contributed by atoms with Gasteiger partial charge in [0.15, 0.2) is 4.60 Å². The van der Waals surface area contributed by atoms with Gasteiger partial charge in [0.05, 0.1) is 6.61 Å². The highest BCUT2D eigenvalue weighted by atomic mass is 79.9. The van der Waals surface area contributed by atoms with Crippen LogP contribution in [0.5, 0.6) is 0 Å². The summed E-state index contributed by atoms with van der Waals surface area (Å²) in [6.07, 6.45) is 0.532. The third-order valence-electron chi connectivity index (χ3n) is 1.30. The van der Waals surface area contributed by atoms with Crippen molar-refractivity contribution in [2.75, 3.05) is 6.61 Å². The Labute approximate surface area is 67.2 Å². The minimum atomic E-state index is 0.0997. The summed E-state index contributed by atoms with van der Waals surface area (Å²) < 4.78 is 5.60. The van der Waals surface area contributed by atoms with Gasteiger partial charge in [-0.15, -0.1) is 0 Å². The predicted octanol–water partition coefficient (Wildman–Crippen LogP) is 1.28. The van der Waals surface area contributed by atoms with Gasteiger partial charge in [-0.1, -0.05) is 5.16 Å². The van der Waals surface area contributed by atoms with Gasteiger partial charge in [-0.3, -0.25) is 0 Å². The molecule has 1 aromatic heterocycles. The molecule has 0 fully saturated rings. The maximum Gasteiger partial charge on any atom is 0.152 e. The Morgan fingerprint density at radius 2 is 2.40 bits per heavy atom. The number of aliphatic hydroxyl groups excluding tert-OH is 1. The molecule has 0 amide bonds. The van der Waals surface area contributed by atoms with Crippen LogP contribution in [0.15, 0.2) is 9.13 Å². The van der Waals surface area contributed by atoms with Crippen LogP contribution < -0.4 is 0 Å². The van der Waals surface area contributed by atoms with Crippen LogP contribution in [-0.4, -0.2) is 16.9 Å². The van der Waals surface area contributed by atoms with Gasteiger partial charge in [0.1, 0.15) is 5.76 Å². The Bertz CT molecular complexity index is 222. The normalized spacial score (nSPS) is 10.3. The lowest BCUT2D eigenvalue weighted by Crippen LogP contribution is -1.89. The SMILES string of the molecule is Cc1c(Br)noc1CCO. The van der Waals surface area contributed by atoms with Crippen molar-refractivity contribution in [1.82, 2.24) is 5.16 Å². The van der Waals surface area contributed by atoms with E-state index in [1.165, 1.54) is 0 Å². The molecule has 0 atom stereocenters. The van der Waals surface area contributed by atoms with E-state index in [2.05, 4.69) is 21.1 Å². The van der Waals surface area contributed by atoms with Crippen LogP contribution in [-0.2, 0) is 6.42 Å². The third-order valence-corrected chi connectivity index (χ3v) is 2.04. The Balaban J connectivity index is 2.83. The average molecular weight is 206 g/mol. The molecule has 56 valence electrons. The molecule has 0 aliphatic rings. The first-order valence-corrected chi connectivity index (χ1v) is 3.76. The highest BCUT2D eigenvalue weighted by Gasteiger charge is 2.07. The van der Waals surface area contributed by atoms with Gasteiger partial charge >= 0.3 is 0 Å². The Kier molecular flexibility index (Phi) is 2.45. The molecule has 3 nitrogen and oxygen atoms in total. The van der Waals surface area contributed by atoms with Gasteiger partial charge in [0, 0.05) is 12.0 Å². The zero-order valence-electron chi connectivity index (χ0n) is 5.59. The molecule has 1 heterocycles. The lowest BCUT2D eigenvalue weighted by Gasteiger charge is -1.89. The van der Waals surface area contributed by atoms with Crippen LogP contribution >= 0.6 is 15.9 Å². The zero-order chi connectivity index (χ0) is 7.56. The summed E-state index contributed by atoms with van der Waals surface area (Å²) in [6, 6.07) is 0. The monoisotopic (exact) mass is 205 g/mol. The molecule has 1 rings (SSSR count). The molecule has 0 spiro atoms. The molecule has 1 aromatic rings. The second-order valence-electron chi connectivity index (χ2n) is 2.00. The largest absolute Gasteiger partial charge is 0.396 e. The summed E-state index contributed by atoms with van der Waals surface area (Å²) in [5.41, 5.74) is 0.967. The van der Waals surface area contributed by atoms with E-state index in [0.717, 1.165) is 15.9 Å². The smallest absolute Gasteiger partial charge is 0.152 e. The summed E-state index contributed by atoms with van der Waals surface area (Å²) in [5.74, 6) is 0.745. The van der Waals surface area contributed by atoms with E-state index in [0.29, 0.717) is 6.42 Å². The van der Waals surface area contributed by atoms with E-state index in [1.807, 2.05) is 6.92 Å². The summed E-state index contributed by atoms with van der Waals surface area (Å²) >= 11 is 3.20. The molecule has 0 saturated heterocycles. The first-order valence-electron chi connectivity index (χ1n) is 2.97. The number of aliphatic hydroxyl groups is 1. The second kappa shape index (κ2) is 3.16. The molecule has 1 N–H and O–H groups in total. The minimum Gasteiger partial charge on any atom is -0.396 e. The molecule has 0 bridgehead atoms. The van der Waals surface area contributed by atoms with Crippen molar-refractivity contribution in [3.05, 3.63) is 15.9 Å². The minimum absolute atomic E-state index is 0.0997. The fraction of sp³-hybridized carbons (Fsp3) is 0.500. The second-order valence-corrected chi connectivity index (χ2v) is 2.75. The Morgan fingerprint density at radius 1 is 1.70 bits per heavy atom. The molecular formula is C6H8BrNO2. The molecule has 0 aromatic carbocycles. The van der Waals surface area contributed by atoms with Crippen LogP contribution in [0.4, 0.5) is 0 Å². The van der Waals surface area contributed by atoms with Crippen LogP contribution in [0, 0.1) is 6.92 Å². The first-order chi connectivity index (χ1) is 4.75. The van der Waals surface area contributed by atoms with Gasteiger partial charge in [0.2, 0.25) is 0 Å². The lowest BCUT2D eigenvalue weighted by molar-refractivity contribution is 0.276. The standard InChI is InChI=1S/C6H8BrNO2/c1-4-5(2-3-9)10-8-6(4)7/h9H,2-3H2,1H3. The summed E-state index contributed by atoms with van der Waals surface area (Å²) in [6.45, 7) is 1.99. The number of hydrogen-bond acceptors (Lipinski definition) is 3. The van der Waals surface area contributed by atoms with Crippen molar-refractivity contribution >= 4 is 15.9 Å². The molecule has 4 heteroatoms. The lowest BCUT2D eigenvalue weighted by atomic mass is 10.2. The molecular weight excluding hydrogens is 198 g/mol. The number of nitrogens with zero attached hydrogens (tertiary/aromatic N) is 1. The van der Waals surface area contributed by atoms with Crippen molar-refractivity contribution in [2.45, 2.75) is 13.3 Å². The maximum atomic E-state index is 8.55. The molecule has 0 saturated carbocycles. The maximum absolute atomic E-state index is 8.55. The van der Waals surface area contributed by atoms with E-state index in [9.17, 15) is 0 Å². The van der Waals surface area contributed by atoms with E-state index >= 15 is 0 Å². The number of rotatable bonds is 2. The third kappa shape index (κ3) is 1.38. The number of hydrogen-bond donors (Lipinski definition) is 1. The fourth-order valence-corrected chi connectivity index (χ4v) is 0.975. The van der Waals surface area contributed by atoms with Gasteiger partial charge in [-0.25, -0.2) is 0 Å². The van der Waals surface area contributed by atoms with Crippen LogP contribution in [0.3, 0.4) is 0 Å². The van der Waals surface area contributed by atoms with Crippen molar-refractivity contribution in [2.24, 2.45) is 0 Å². The van der Waals surface area contributed by atoms with E-state index in [-0.39, 0.29) is 6.61 Å². The number of aromatic nitrogens is 1. The molecule has 0 unspecified atom stereocenters. The Morgan fingerprint density at radius 3 is 2.80 bits per heavy atom. The van der Waals surface area contributed by atoms with Crippen molar-refractivity contribution in [1.29, 1.82) is 0 Å². The summed E-state index contributed by atoms with van der Waals surface area (Å²) in [5, 5.41) is 12.2. The molecule has 0 radical (unpaired) electrons. The van der Waals surface area contributed by atoms with Gasteiger partial charge < -0.3 is 9.63 Å². The fourth-order valence-electron chi connectivity index (χ4n) is 0.682. The molecule has 0 aliphatic carbocycles. The van der Waals surface area contributed by atoms with Crippen LogP contribution in [0.25, 0.3) is 0 Å².